The fourth-order valence-electron chi connectivity index (χ4n) is 2.09. The lowest BCUT2D eigenvalue weighted by Crippen LogP contribution is -2.11. The van der Waals surface area contributed by atoms with E-state index in [1.54, 1.807) is 48.5 Å². The van der Waals surface area contributed by atoms with E-state index in [1.165, 1.54) is 0 Å². The predicted octanol–water partition coefficient (Wildman–Crippen LogP) is 2.94. The molecule has 0 fully saturated rings. The second-order valence-corrected chi connectivity index (χ2v) is 4.80. The van der Waals surface area contributed by atoms with Crippen molar-refractivity contribution in [3.05, 3.63) is 71.2 Å². The summed E-state index contributed by atoms with van der Waals surface area (Å²) in [5.74, 6) is -0.122. The first kappa shape index (κ1) is 14.6. The van der Waals surface area contributed by atoms with Gasteiger partial charge < -0.3 is 14.5 Å². The lowest BCUT2D eigenvalue weighted by atomic mass is 10.2. The van der Waals surface area contributed by atoms with E-state index in [-0.39, 0.29) is 5.91 Å². The van der Waals surface area contributed by atoms with E-state index in [4.69, 9.17) is 9.15 Å². The summed E-state index contributed by atoms with van der Waals surface area (Å²) in [7, 11) is 0. The third-order valence-corrected chi connectivity index (χ3v) is 3.16. The Morgan fingerprint density at radius 2 is 2.04 bits per heavy atom. The Hall–Kier alpha value is -3.28. The maximum absolute atomic E-state index is 12.2. The van der Waals surface area contributed by atoms with Gasteiger partial charge in [-0.1, -0.05) is 12.7 Å². The molecule has 3 aromatic rings. The maximum Gasteiger partial charge on any atom is 0.417 e. The molecule has 0 unspecified atom stereocenters. The molecule has 0 bridgehead atoms. The van der Waals surface area contributed by atoms with E-state index in [1.807, 2.05) is 0 Å². The number of rotatable bonds is 5. The molecule has 0 spiro atoms. The number of anilines is 1. The van der Waals surface area contributed by atoms with Crippen molar-refractivity contribution in [1.29, 1.82) is 0 Å². The van der Waals surface area contributed by atoms with Crippen LogP contribution in [0.25, 0.3) is 11.1 Å². The summed E-state index contributed by atoms with van der Waals surface area (Å²) in [4.78, 5) is 25.9. The van der Waals surface area contributed by atoms with E-state index in [9.17, 15) is 9.59 Å². The molecule has 2 N–H and O–H groups in total. The lowest BCUT2D eigenvalue weighted by Gasteiger charge is -2.07. The summed E-state index contributed by atoms with van der Waals surface area (Å²) in [6.45, 7) is 3.98. The van der Waals surface area contributed by atoms with Crippen molar-refractivity contribution in [3.8, 4) is 5.75 Å². The van der Waals surface area contributed by atoms with Gasteiger partial charge in [-0.25, -0.2) is 4.79 Å². The van der Waals surface area contributed by atoms with E-state index in [2.05, 4.69) is 16.9 Å². The third-order valence-electron chi connectivity index (χ3n) is 3.16. The van der Waals surface area contributed by atoms with Gasteiger partial charge in [-0.15, -0.1) is 0 Å². The monoisotopic (exact) mass is 310 g/mol. The highest BCUT2D eigenvalue weighted by Gasteiger charge is 2.08. The first-order valence-electron chi connectivity index (χ1n) is 6.94. The number of ether oxygens (including phenoxy) is 1. The predicted molar refractivity (Wildman–Crippen MR) is 86.9 cm³/mol. The number of fused-ring (bicyclic) bond motifs is 1. The van der Waals surface area contributed by atoms with Gasteiger partial charge in [-0.3, -0.25) is 9.78 Å². The summed E-state index contributed by atoms with van der Waals surface area (Å²) >= 11 is 0. The molecule has 6 heteroatoms. The molecular formula is C17H14N2O4. The highest BCUT2D eigenvalue weighted by Crippen LogP contribution is 2.18. The van der Waals surface area contributed by atoms with Crippen LogP contribution < -0.4 is 15.8 Å². The fourth-order valence-corrected chi connectivity index (χ4v) is 2.09. The molecule has 0 aliphatic rings. The average Bonchev–Trinajstić information content (AvgIpc) is 2.92. The van der Waals surface area contributed by atoms with Gasteiger partial charge in [0.1, 0.15) is 12.4 Å². The highest BCUT2D eigenvalue weighted by molar-refractivity contribution is 6.04. The number of aromatic nitrogens is 1. The molecule has 1 amide bonds. The highest BCUT2D eigenvalue weighted by atomic mass is 16.5. The molecule has 3 rings (SSSR count). The van der Waals surface area contributed by atoms with E-state index >= 15 is 0 Å². The van der Waals surface area contributed by atoms with E-state index in [0.717, 1.165) is 0 Å². The van der Waals surface area contributed by atoms with Crippen molar-refractivity contribution in [2.75, 3.05) is 11.9 Å². The minimum atomic E-state index is -0.529. The molecule has 6 nitrogen and oxygen atoms in total. The third kappa shape index (κ3) is 3.32. The number of hydrogen-bond acceptors (Lipinski definition) is 4. The minimum absolute atomic E-state index is 0.259. The first-order valence-corrected chi connectivity index (χ1v) is 6.94. The number of H-pyrrole nitrogens is 1. The Morgan fingerprint density at radius 3 is 2.78 bits per heavy atom. The van der Waals surface area contributed by atoms with Crippen LogP contribution in [0.1, 0.15) is 10.4 Å². The Kier molecular flexibility index (Phi) is 3.97. The van der Waals surface area contributed by atoms with Gasteiger partial charge in [0, 0.05) is 11.3 Å². The minimum Gasteiger partial charge on any atom is -0.490 e. The van der Waals surface area contributed by atoms with Gasteiger partial charge in [-0.05, 0) is 42.5 Å². The summed E-state index contributed by atoms with van der Waals surface area (Å²) in [5, 5.41) is 2.76. The van der Waals surface area contributed by atoms with Crippen LogP contribution in [-0.2, 0) is 0 Å². The topological polar surface area (TPSA) is 84.3 Å². The number of carbonyl (C=O) groups excluding carboxylic acids is 1. The second kappa shape index (κ2) is 6.23. The van der Waals surface area contributed by atoms with Crippen LogP contribution in [0.5, 0.6) is 5.75 Å². The first-order chi connectivity index (χ1) is 11.2. The molecule has 0 aliphatic heterocycles. The van der Waals surface area contributed by atoms with Crippen LogP contribution in [0.4, 0.5) is 5.69 Å². The quantitative estimate of drug-likeness (QED) is 0.710. The molecule has 0 saturated carbocycles. The molecule has 23 heavy (non-hydrogen) atoms. The summed E-state index contributed by atoms with van der Waals surface area (Å²) in [5.41, 5.74) is 2.03. The van der Waals surface area contributed by atoms with Gasteiger partial charge in [0.25, 0.3) is 5.91 Å². The van der Waals surface area contributed by atoms with Crippen LogP contribution in [0.2, 0.25) is 0 Å². The van der Waals surface area contributed by atoms with Crippen LogP contribution in [0, 0.1) is 0 Å². The van der Waals surface area contributed by atoms with Gasteiger partial charge in [-0.2, -0.15) is 0 Å². The van der Waals surface area contributed by atoms with Gasteiger partial charge in [0.05, 0.1) is 5.52 Å². The molecule has 1 aromatic heterocycles. The van der Waals surface area contributed by atoms with Crippen LogP contribution in [0.3, 0.4) is 0 Å². The summed E-state index contributed by atoms with van der Waals surface area (Å²) in [6, 6.07) is 11.7. The molecule has 0 aliphatic carbocycles. The largest absolute Gasteiger partial charge is 0.490 e. The number of benzene rings is 2. The van der Waals surface area contributed by atoms with Crippen LogP contribution in [-0.4, -0.2) is 17.5 Å². The van der Waals surface area contributed by atoms with Crippen molar-refractivity contribution in [2.45, 2.75) is 0 Å². The molecular weight excluding hydrogens is 296 g/mol. The Bertz CT molecular complexity index is 906. The summed E-state index contributed by atoms with van der Waals surface area (Å²) < 4.78 is 10.3. The molecule has 1 heterocycles. The average molecular weight is 310 g/mol. The lowest BCUT2D eigenvalue weighted by molar-refractivity contribution is 0.102. The smallest absolute Gasteiger partial charge is 0.417 e. The number of carbonyl (C=O) groups is 1. The molecule has 116 valence electrons. The number of nitrogens with one attached hydrogen (secondary N) is 2. The number of amides is 1. The Morgan fingerprint density at radius 1 is 1.26 bits per heavy atom. The fraction of sp³-hybridized carbons (Fsp3) is 0.0588. The van der Waals surface area contributed by atoms with E-state index < -0.39 is 5.76 Å². The maximum atomic E-state index is 12.2. The van der Waals surface area contributed by atoms with Gasteiger partial charge >= 0.3 is 5.76 Å². The Labute approximate surface area is 131 Å². The molecule has 0 saturated heterocycles. The zero-order valence-corrected chi connectivity index (χ0v) is 12.2. The zero-order chi connectivity index (χ0) is 16.2. The second-order valence-electron chi connectivity index (χ2n) is 4.80. The molecule has 0 radical (unpaired) electrons. The van der Waals surface area contributed by atoms with Gasteiger partial charge in [0.15, 0.2) is 5.58 Å². The van der Waals surface area contributed by atoms with Crippen molar-refractivity contribution < 1.29 is 13.9 Å². The van der Waals surface area contributed by atoms with Crippen molar-refractivity contribution in [3.63, 3.8) is 0 Å². The van der Waals surface area contributed by atoms with Crippen molar-refractivity contribution in [1.82, 2.24) is 4.98 Å². The standard InChI is InChI=1S/C17H14N2O4/c1-2-9-22-13-6-3-11(4-7-13)16(20)18-12-5-8-15-14(10-12)19-17(21)23-15/h2-8,10H,1,9H2,(H,18,20)(H,19,21). The number of aromatic amines is 1. The Balaban J connectivity index is 1.74. The van der Waals surface area contributed by atoms with E-state index in [0.29, 0.717) is 34.7 Å². The SMILES string of the molecule is C=CCOc1ccc(C(=O)Nc2ccc3oc(=O)[nH]c3c2)cc1. The number of oxazole rings is 1. The summed E-state index contributed by atoms with van der Waals surface area (Å²) in [6.07, 6.45) is 1.65. The van der Waals surface area contributed by atoms with Crippen LogP contribution in [0.15, 0.2) is 64.3 Å². The molecule has 0 atom stereocenters. The number of hydrogen-bond donors (Lipinski definition) is 2. The van der Waals surface area contributed by atoms with Crippen molar-refractivity contribution in [2.24, 2.45) is 0 Å². The van der Waals surface area contributed by atoms with Crippen LogP contribution >= 0.6 is 0 Å². The molecule has 2 aromatic carbocycles. The van der Waals surface area contributed by atoms with Crippen molar-refractivity contribution >= 4 is 22.7 Å². The van der Waals surface area contributed by atoms with Gasteiger partial charge in [0.2, 0.25) is 0 Å². The normalized spacial score (nSPS) is 10.4. The zero-order valence-electron chi connectivity index (χ0n) is 12.2.